The van der Waals surface area contributed by atoms with Crippen molar-refractivity contribution >= 4 is 0 Å². The zero-order valence-corrected chi connectivity index (χ0v) is 7.48. The van der Waals surface area contributed by atoms with Gasteiger partial charge in [0.1, 0.15) is 0 Å². The first kappa shape index (κ1) is 12.2. The second-order valence-corrected chi connectivity index (χ2v) is 2.00. The van der Waals surface area contributed by atoms with Crippen molar-refractivity contribution in [3.05, 3.63) is 18.4 Å². The van der Waals surface area contributed by atoms with Crippen LogP contribution in [-0.4, -0.2) is 12.7 Å². The molecule has 1 heteroatoms. The van der Waals surface area contributed by atoms with Crippen molar-refractivity contribution in [1.29, 1.82) is 0 Å². The molecule has 60 valence electrons. The summed E-state index contributed by atoms with van der Waals surface area (Å²) in [6.07, 6.45) is 2.16. The molecule has 10 heavy (non-hydrogen) atoms. The Balaban J connectivity index is 0. The van der Waals surface area contributed by atoms with Crippen molar-refractivity contribution in [1.82, 2.24) is 0 Å². The minimum Gasteiger partial charge on any atom is -0.379 e. The lowest BCUT2D eigenvalue weighted by atomic mass is 10.5. The molecule has 0 aliphatic carbocycles. The fourth-order valence-corrected chi connectivity index (χ4v) is 0.333. The fourth-order valence-electron chi connectivity index (χ4n) is 0.333. The van der Waals surface area contributed by atoms with Gasteiger partial charge in [-0.25, -0.2) is 0 Å². The van der Waals surface area contributed by atoms with E-state index in [-0.39, 0.29) is 0 Å². The van der Waals surface area contributed by atoms with E-state index in [1.165, 1.54) is 0 Å². The third-order valence-electron chi connectivity index (χ3n) is 0.704. The highest BCUT2D eigenvalue weighted by molar-refractivity contribution is 4.67. The summed E-state index contributed by atoms with van der Waals surface area (Å²) in [6, 6.07) is 0. The lowest BCUT2D eigenvalue weighted by Gasteiger charge is -2.00. The van der Waals surface area contributed by atoms with E-state index >= 15 is 0 Å². The SMILES string of the molecule is C=C=CC.CCOC(C)C. The topological polar surface area (TPSA) is 9.23 Å². The Labute approximate surface area is 64.4 Å². The second kappa shape index (κ2) is 11.3. The van der Waals surface area contributed by atoms with Crippen molar-refractivity contribution in [2.45, 2.75) is 33.8 Å². The van der Waals surface area contributed by atoms with E-state index in [4.69, 9.17) is 4.74 Å². The molecule has 0 amide bonds. The molecule has 0 radical (unpaired) electrons. The van der Waals surface area contributed by atoms with Crippen LogP contribution in [0.4, 0.5) is 0 Å². The van der Waals surface area contributed by atoms with Gasteiger partial charge in [-0.2, -0.15) is 0 Å². The summed E-state index contributed by atoms with van der Waals surface area (Å²) in [6.45, 7) is 12.1. The first-order chi connectivity index (χ1) is 4.68. The lowest BCUT2D eigenvalue weighted by Crippen LogP contribution is -1.99. The summed E-state index contributed by atoms with van der Waals surface area (Å²) >= 11 is 0. The molecule has 0 heterocycles. The van der Waals surface area contributed by atoms with Gasteiger partial charge in [0.25, 0.3) is 0 Å². The maximum absolute atomic E-state index is 5.04. The minimum atomic E-state index is 0.398. The Kier molecular flexibility index (Phi) is 13.8. The van der Waals surface area contributed by atoms with Gasteiger partial charge in [0.2, 0.25) is 0 Å². The predicted octanol–water partition coefficient (Wildman–Crippen LogP) is 2.78. The monoisotopic (exact) mass is 142 g/mol. The van der Waals surface area contributed by atoms with Crippen molar-refractivity contribution in [2.24, 2.45) is 0 Å². The first-order valence-electron chi connectivity index (χ1n) is 3.61. The third kappa shape index (κ3) is 25.9. The number of allylic oxidation sites excluding steroid dienone is 1. The van der Waals surface area contributed by atoms with Crippen LogP contribution < -0.4 is 0 Å². The highest BCUT2D eigenvalue weighted by Gasteiger charge is 1.83. The second-order valence-electron chi connectivity index (χ2n) is 2.00. The van der Waals surface area contributed by atoms with Gasteiger partial charge >= 0.3 is 0 Å². The molecule has 0 rings (SSSR count). The van der Waals surface area contributed by atoms with Crippen LogP contribution in [0.2, 0.25) is 0 Å². The van der Waals surface area contributed by atoms with E-state index in [0.717, 1.165) is 6.61 Å². The fraction of sp³-hybridized carbons (Fsp3) is 0.667. The molecular weight excluding hydrogens is 124 g/mol. The summed E-state index contributed by atoms with van der Waals surface area (Å²) < 4.78 is 5.04. The lowest BCUT2D eigenvalue weighted by molar-refractivity contribution is 0.0899. The predicted molar refractivity (Wildman–Crippen MR) is 46.1 cm³/mol. The van der Waals surface area contributed by atoms with Crippen LogP contribution in [0.25, 0.3) is 0 Å². The minimum absolute atomic E-state index is 0.398. The Morgan fingerprint density at radius 1 is 1.60 bits per heavy atom. The molecule has 0 saturated heterocycles. The number of hydrogen-bond acceptors (Lipinski definition) is 1. The Bertz CT molecular complexity index is 88.9. The van der Waals surface area contributed by atoms with Gasteiger partial charge in [0, 0.05) is 6.61 Å². The van der Waals surface area contributed by atoms with Crippen LogP contribution in [0.1, 0.15) is 27.7 Å². The van der Waals surface area contributed by atoms with Gasteiger partial charge in [0.15, 0.2) is 0 Å². The maximum Gasteiger partial charge on any atom is 0.0518 e. The summed E-state index contributed by atoms with van der Waals surface area (Å²) in [7, 11) is 0. The van der Waals surface area contributed by atoms with E-state index < -0.39 is 0 Å². The molecule has 0 saturated carbocycles. The van der Waals surface area contributed by atoms with E-state index in [1.54, 1.807) is 6.08 Å². The summed E-state index contributed by atoms with van der Waals surface area (Å²) in [5.74, 6) is 0. The smallest absolute Gasteiger partial charge is 0.0518 e. The van der Waals surface area contributed by atoms with Crippen LogP contribution in [-0.2, 0) is 4.74 Å². The van der Waals surface area contributed by atoms with Crippen molar-refractivity contribution in [3.8, 4) is 0 Å². The molecule has 0 atom stereocenters. The van der Waals surface area contributed by atoms with Crippen LogP contribution in [0.5, 0.6) is 0 Å². The first-order valence-corrected chi connectivity index (χ1v) is 3.61. The number of ether oxygens (including phenoxy) is 1. The largest absolute Gasteiger partial charge is 0.379 e. The number of hydrogen-bond donors (Lipinski definition) is 0. The molecule has 0 fully saturated rings. The quantitative estimate of drug-likeness (QED) is 0.539. The molecule has 0 aliphatic heterocycles. The van der Waals surface area contributed by atoms with E-state index in [9.17, 15) is 0 Å². The zero-order valence-electron chi connectivity index (χ0n) is 7.48. The van der Waals surface area contributed by atoms with Crippen molar-refractivity contribution in [2.75, 3.05) is 6.61 Å². The molecule has 0 spiro atoms. The average molecular weight is 142 g/mol. The van der Waals surface area contributed by atoms with Crippen molar-refractivity contribution in [3.63, 3.8) is 0 Å². The normalized spacial score (nSPS) is 7.70. The molecular formula is C9H18O. The van der Waals surface area contributed by atoms with Gasteiger partial charge in [0.05, 0.1) is 6.10 Å². The van der Waals surface area contributed by atoms with Gasteiger partial charge in [-0.05, 0) is 33.8 Å². The van der Waals surface area contributed by atoms with Gasteiger partial charge < -0.3 is 4.74 Å². The molecule has 0 N–H and O–H groups in total. The average Bonchev–Trinajstić information content (AvgIpc) is 1.89. The molecule has 0 aromatic rings. The van der Waals surface area contributed by atoms with Crippen molar-refractivity contribution < 1.29 is 4.74 Å². The van der Waals surface area contributed by atoms with E-state index in [0.29, 0.717) is 6.10 Å². The molecule has 0 bridgehead atoms. The van der Waals surface area contributed by atoms with Crippen LogP contribution in [0, 0.1) is 0 Å². The van der Waals surface area contributed by atoms with Gasteiger partial charge in [-0.15, -0.1) is 5.73 Å². The van der Waals surface area contributed by atoms with Gasteiger partial charge in [-0.1, -0.05) is 6.58 Å². The summed E-state index contributed by atoms with van der Waals surface area (Å²) in [5.41, 5.74) is 2.56. The maximum atomic E-state index is 5.04. The number of rotatable bonds is 2. The summed E-state index contributed by atoms with van der Waals surface area (Å²) in [4.78, 5) is 0. The Hall–Kier alpha value is -0.520. The van der Waals surface area contributed by atoms with Gasteiger partial charge in [-0.3, -0.25) is 0 Å². The molecule has 0 aromatic heterocycles. The Morgan fingerprint density at radius 3 is 2.00 bits per heavy atom. The zero-order chi connectivity index (χ0) is 8.41. The van der Waals surface area contributed by atoms with Crippen LogP contribution in [0.15, 0.2) is 18.4 Å². The standard InChI is InChI=1S/C5H12O.C4H6/c1-4-6-5(2)3;1-3-4-2/h5H,4H2,1-3H3;4H,1H2,2H3. The molecule has 0 aliphatic rings. The van der Waals surface area contributed by atoms with Crippen LogP contribution >= 0.6 is 0 Å². The third-order valence-corrected chi connectivity index (χ3v) is 0.704. The Morgan fingerprint density at radius 2 is 2.00 bits per heavy atom. The van der Waals surface area contributed by atoms with E-state index in [1.807, 2.05) is 27.7 Å². The van der Waals surface area contributed by atoms with E-state index in [2.05, 4.69) is 12.3 Å². The summed E-state index contributed by atoms with van der Waals surface area (Å²) in [5, 5.41) is 0. The highest BCUT2D eigenvalue weighted by atomic mass is 16.5. The molecule has 1 nitrogen and oxygen atoms in total. The molecule has 0 aromatic carbocycles. The molecule has 0 unspecified atom stereocenters. The highest BCUT2D eigenvalue weighted by Crippen LogP contribution is 1.83. The van der Waals surface area contributed by atoms with Crippen LogP contribution in [0.3, 0.4) is 0 Å².